The Labute approximate surface area is 113 Å². The molecule has 0 aromatic carbocycles. The molecule has 5 heteroatoms. The molecular weight excluding hydrogens is 315 g/mol. The molecule has 1 aromatic heterocycles. The molecule has 0 amide bonds. The molecule has 0 atom stereocenters. The topological polar surface area (TPSA) is 63.3 Å². The second-order valence-electron chi connectivity index (χ2n) is 3.33. The van der Waals surface area contributed by atoms with Gasteiger partial charge in [0.15, 0.2) is 5.96 Å². The van der Waals surface area contributed by atoms with E-state index in [0.29, 0.717) is 19.0 Å². The van der Waals surface area contributed by atoms with Gasteiger partial charge in [0.05, 0.1) is 12.2 Å². The summed E-state index contributed by atoms with van der Waals surface area (Å²) in [6.45, 7) is 6.84. The van der Waals surface area contributed by atoms with E-state index in [2.05, 4.69) is 21.9 Å². The lowest BCUT2D eigenvalue weighted by molar-refractivity contribution is 0.922. The van der Waals surface area contributed by atoms with E-state index in [1.54, 1.807) is 6.20 Å². The summed E-state index contributed by atoms with van der Waals surface area (Å²) in [5.41, 5.74) is 7.56. The molecule has 1 aromatic rings. The van der Waals surface area contributed by atoms with Gasteiger partial charge in [-0.25, -0.2) is 4.99 Å². The van der Waals surface area contributed by atoms with E-state index in [4.69, 9.17) is 5.73 Å². The largest absolute Gasteiger partial charge is 0.370 e. The quantitative estimate of drug-likeness (QED) is 0.382. The zero-order chi connectivity index (χ0) is 11.1. The number of aliphatic imine (C=N–C) groups is 1. The van der Waals surface area contributed by atoms with Crippen molar-refractivity contribution in [2.75, 3.05) is 6.54 Å². The molecular formula is C11H17IN4. The number of hydrogen-bond donors (Lipinski definition) is 2. The summed E-state index contributed by atoms with van der Waals surface area (Å²) in [7, 11) is 0. The Hall–Kier alpha value is -1.11. The highest BCUT2D eigenvalue weighted by Crippen LogP contribution is 1.94. The molecule has 0 spiro atoms. The fourth-order valence-electron chi connectivity index (χ4n) is 0.955. The molecule has 16 heavy (non-hydrogen) atoms. The van der Waals surface area contributed by atoms with Crippen LogP contribution >= 0.6 is 24.0 Å². The number of rotatable bonds is 4. The van der Waals surface area contributed by atoms with Crippen LogP contribution in [0.1, 0.15) is 12.6 Å². The first-order valence-corrected chi connectivity index (χ1v) is 4.76. The molecule has 0 aliphatic heterocycles. The third-order valence-corrected chi connectivity index (χ3v) is 1.71. The molecule has 0 aliphatic carbocycles. The molecule has 1 rings (SSSR count). The maximum atomic E-state index is 5.64. The molecule has 3 N–H and O–H groups in total. The highest BCUT2D eigenvalue weighted by atomic mass is 127. The Bertz CT molecular complexity index is 348. The number of nitrogens with zero attached hydrogens (tertiary/aromatic N) is 2. The van der Waals surface area contributed by atoms with E-state index in [9.17, 15) is 0 Å². The van der Waals surface area contributed by atoms with Crippen molar-refractivity contribution in [3.63, 3.8) is 0 Å². The van der Waals surface area contributed by atoms with E-state index >= 15 is 0 Å². The zero-order valence-corrected chi connectivity index (χ0v) is 11.6. The van der Waals surface area contributed by atoms with E-state index < -0.39 is 0 Å². The van der Waals surface area contributed by atoms with Crippen LogP contribution < -0.4 is 11.1 Å². The molecule has 0 bridgehead atoms. The van der Waals surface area contributed by atoms with Gasteiger partial charge in [0.25, 0.3) is 0 Å². The Balaban J connectivity index is 0.00000225. The third kappa shape index (κ3) is 6.39. The summed E-state index contributed by atoms with van der Waals surface area (Å²) < 4.78 is 0. The minimum absolute atomic E-state index is 0. The average Bonchev–Trinajstić information content (AvgIpc) is 2.25. The predicted octanol–water partition coefficient (Wildman–Crippen LogP) is 1.68. The maximum Gasteiger partial charge on any atom is 0.189 e. The van der Waals surface area contributed by atoms with Gasteiger partial charge in [0.2, 0.25) is 0 Å². The van der Waals surface area contributed by atoms with Gasteiger partial charge in [-0.3, -0.25) is 4.98 Å². The summed E-state index contributed by atoms with van der Waals surface area (Å²) in [5.74, 6) is 0.420. The molecule has 4 nitrogen and oxygen atoms in total. The second kappa shape index (κ2) is 8.09. The van der Waals surface area contributed by atoms with Crippen LogP contribution in [0, 0.1) is 0 Å². The van der Waals surface area contributed by atoms with Crippen LogP contribution in [0.4, 0.5) is 0 Å². The van der Waals surface area contributed by atoms with Crippen molar-refractivity contribution < 1.29 is 0 Å². The fraction of sp³-hybridized carbons (Fsp3) is 0.273. The molecule has 0 saturated heterocycles. The Morgan fingerprint density at radius 2 is 2.31 bits per heavy atom. The summed E-state index contributed by atoms with van der Waals surface area (Å²) in [5, 5.41) is 2.95. The van der Waals surface area contributed by atoms with Crippen LogP contribution in [0.3, 0.4) is 0 Å². The minimum Gasteiger partial charge on any atom is -0.370 e. The predicted molar refractivity (Wildman–Crippen MR) is 77.8 cm³/mol. The number of hydrogen-bond acceptors (Lipinski definition) is 2. The highest BCUT2D eigenvalue weighted by molar-refractivity contribution is 14.0. The number of halogens is 1. The number of guanidine groups is 1. The molecule has 0 fully saturated rings. The van der Waals surface area contributed by atoms with Gasteiger partial charge in [0, 0.05) is 12.7 Å². The number of pyridine rings is 1. The average molecular weight is 332 g/mol. The first-order chi connectivity index (χ1) is 7.18. The molecule has 0 aliphatic rings. The van der Waals surface area contributed by atoms with Gasteiger partial charge in [-0.2, -0.15) is 0 Å². The molecule has 88 valence electrons. The van der Waals surface area contributed by atoms with Gasteiger partial charge in [-0.05, 0) is 19.1 Å². The summed E-state index contributed by atoms with van der Waals surface area (Å²) in [4.78, 5) is 8.28. The van der Waals surface area contributed by atoms with Gasteiger partial charge in [-0.15, -0.1) is 24.0 Å². The van der Waals surface area contributed by atoms with Crippen molar-refractivity contribution in [2.45, 2.75) is 13.5 Å². The van der Waals surface area contributed by atoms with Crippen molar-refractivity contribution in [3.05, 3.63) is 42.2 Å². The lowest BCUT2D eigenvalue weighted by Gasteiger charge is -2.04. The van der Waals surface area contributed by atoms with Crippen LogP contribution in [-0.4, -0.2) is 17.5 Å². The Kier molecular flexibility index (Phi) is 7.53. The Morgan fingerprint density at radius 1 is 1.56 bits per heavy atom. The van der Waals surface area contributed by atoms with Gasteiger partial charge >= 0.3 is 0 Å². The summed E-state index contributed by atoms with van der Waals surface area (Å²) >= 11 is 0. The smallest absolute Gasteiger partial charge is 0.189 e. The van der Waals surface area contributed by atoms with Crippen LogP contribution in [0.15, 0.2) is 41.5 Å². The maximum absolute atomic E-state index is 5.64. The van der Waals surface area contributed by atoms with Gasteiger partial charge in [0.1, 0.15) is 0 Å². The fourth-order valence-corrected chi connectivity index (χ4v) is 0.955. The lowest BCUT2D eigenvalue weighted by atomic mass is 10.3. The van der Waals surface area contributed by atoms with Crippen LogP contribution in [-0.2, 0) is 6.54 Å². The normalized spacial score (nSPS) is 10.4. The Morgan fingerprint density at radius 3 is 2.88 bits per heavy atom. The second-order valence-corrected chi connectivity index (χ2v) is 3.33. The van der Waals surface area contributed by atoms with Crippen LogP contribution in [0.25, 0.3) is 0 Å². The van der Waals surface area contributed by atoms with Gasteiger partial charge < -0.3 is 11.1 Å². The van der Waals surface area contributed by atoms with Crippen molar-refractivity contribution in [1.82, 2.24) is 10.3 Å². The van der Waals surface area contributed by atoms with Crippen molar-refractivity contribution in [2.24, 2.45) is 10.7 Å². The standard InChI is InChI=1S/C11H16N4.HI/c1-9(2)7-14-11(12)15-8-10-5-3-4-6-13-10;/h3-6H,1,7-8H2,2H3,(H3,12,14,15);1H. The number of nitrogens with one attached hydrogen (secondary N) is 1. The van der Waals surface area contributed by atoms with Gasteiger partial charge in [-0.1, -0.05) is 18.2 Å². The van der Waals surface area contributed by atoms with E-state index in [1.807, 2.05) is 25.1 Å². The SMILES string of the molecule is C=C(C)CNC(N)=NCc1ccccn1.I. The van der Waals surface area contributed by atoms with Crippen LogP contribution in [0.5, 0.6) is 0 Å². The highest BCUT2D eigenvalue weighted by Gasteiger charge is 1.93. The third-order valence-electron chi connectivity index (χ3n) is 1.71. The van der Waals surface area contributed by atoms with Crippen LogP contribution in [0.2, 0.25) is 0 Å². The molecule has 0 unspecified atom stereocenters. The van der Waals surface area contributed by atoms with E-state index in [1.165, 1.54) is 0 Å². The minimum atomic E-state index is 0. The number of nitrogens with two attached hydrogens (primary N) is 1. The van der Waals surface area contributed by atoms with Crippen molar-refractivity contribution in [3.8, 4) is 0 Å². The summed E-state index contributed by atoms with van der Waals surface area (Å²) in [6, 6.07) is 5.71. The molecule has 1 heterocycles. The summed E-state index contributed by atoms with van der Waals surface area (Å²) in [6.07, 6.45) is 1.74. The monoisotopic (exact) mass is 332 g/mol. The van der Waals surface area contributed by atoms with E-state index in [0.717, 1.165) is 11.3 Å². The molecule has 0 radical (unpaired) electrons. The number of aromatic nitrogens is 1. The lowest BCUT2D eigenvalue weighted by Crippen LogP contribution is -2.32. The van der Waals surface area contributed by atoms with Crippen molar-refractivity contribution in [1.29, 1.82) is 0 Å². The molecule has 0 saturated carbocycles. The zero-order valence-electron chi connectivity index (χ0n) is 9.31. The first kappa shape index (κ1) is 14.9. The van der Waals surface area contributed by atoms with Crippen molar-refractivity contribution >= 4 is 29.9 Å². The van der Waals surface area contributed by atoms with E-state index in [-0.39, 0.29) is 24.0 Å². The first-order valence-electron chi connectivity index (χ1n) is 4.76.